The van der Waals surface area contributed by atoms with E-state index in [1.54, 1.807) is 0 Å². The molecule has 0 aromatic heterocycles. The van der Waals surface area contributed by atoms with Crippen molar-refractivity contribution in [2.24, 2.45) is 0 Å². The van der Waals surface area contributed by atoms with E-state index in [1.807, 2.05) is 0 Å². The van der Waals surface area contributed by atoms with Crippen molar-refractivity contribution in [1.82, 2.24) is 0 Å². The molecule has 1 N–H and O–H groups in total. The van der Waals surface area contributed by atoms with Crippen LogP contribution in [-0.2, 0) is 49.8 Å². The van der Waals surface area contributed by atoms with Gasteiger partial charge in [-0.1, -0.05) is 0 Å². The first-order valence-corrected chi connectivity index (χ1v) is 4.87. The molecule has 0 bridgehead atoms. The van der Waals surface area contributed by atoms with Crippen LogP contribution >= 0.6 is 16.5 Å². The van der Waals surface area contributed by atoms with Crippen LogP contribution in [0.3, 0.4) is 0 Å². The van der Waals surface area contributed by atoms with Gasteiger partial charge in [0.2, 0.25) is 0 Å². The molecule has 0 radical (unpaired) electrons. The Balaban J connectivity index is 0.000001000. The summed E-state index contributed by atoms with van der Waals surface area (Å²) < 4.78 is 33.8. The summed E-state index contributed by atoms with van der Waals surface area (Å²) in [6.07, 6.45) is -1.06. The van der Waals surface area contributed by atoms with Gasteiger partial charge in [-0.2, -0.15) is 0 Å². The molecule has 1 rings (SSSR count). The zero-order valence-corrected chi connectivity index (χ0v) is 11.5. The standard InChI is InChI=1S/C2H6O6P2.Cd/c3-1-2-6-9(4)8-10(5)7-2;/h2-3,9-10H,1H2;. The SMILES string of the molecule is O=[PH]1OC(CO)O[PH](=O)O1.[Cd]. The fourth-order valence-electron chi connectivity index (χ4n) is 0.429. The molecule has 1 aliphatic heterocycles. The van der Waals surface area contributed by atoms with Crippen LogP contribution in [0.5, 0.6) is 0 Å². The number of aliphatic hydroxyl groups excluding tert-OH is 1. The molecule has 0 saturated carbocycles. The molecule has 0 aromatic rings. The first-order chi connectivity index (χ1) is 4.72. The topological polar surface area (TPSA) is 82.1 Å². The van der Waals surface area contributed by atoms with Crippen molar-refractivity contribution in [1.29, 1.82) is 0 Å². The van der Waals surface area contributed by atoms with Crippen LogP contribution in [0.4, 0.5) is 0 Å². The number of hydrogen-bond acceptors (Lipinski definition) is 6. The molecule has 2 atom stereocenters. The van der Waals surface area contributed by atoms with Crippen LogP contribution < -0.4 is 0 Å². The van der Waals surface area contributed by atoms with Crippen LogP contribution in [0.1, 0.15) is 0 Å². The summed E-state index contributed by atoms with van der Waals surface area (Å²) in [4.78, 5) is 0. The van der Waals surface area contributed by atoms with Crippen molar-refractivity contribution in [2.75, 3.05) is 6.61 Å². The molecule has 9 heteroatoms. The van der Waals surface area contributed by atoms with Crippen molar-refractivity contribution in [3.8, 4) is 0 Å². The van der Waals surface area contributed by atoms with Crippen molar-refractivity contribution in [3.05, 3.63) is 0 Å². The molecule has 1 saturated heterocycles. The molecule has 0 aliphatic carbocycles. The summed E-state index contributed by atoms with van der Waals surface area (Å²) in [5, 5.41) is 8.38. The Bertz CT molecular complexity index is 156. The molecule has 1 aliphatic rings. The Morgan fingerprint density at radius 1 is 1.27 bits per heavy atom. The average Bonchev–Trinajstić information content (AvgIpc) is 1.85. The van der Waals surface area contributed by atoms with E-state index in [1.165, 1.54) is 0 Å². The average molecular weight is 300 g/mol. The Labute approximate surface area is 84.3 Å². The summed E-state index contributed by atoms with van der Waals surface area (Å²) in [5.74, 6) is 0. The van der Waals surface area contributed by atoms with Gasteiger partial charge in [-0.15, -0.1) is 0 Å². The monoisotopic (exact) mass is 302 g/mol. The van der Waals surface area contributed by atoms with Crippen LogP contribution in [0.2, 0.25) is 0 Å². The summed E-state index contributed by atoms with van der Waals surface area (Å²) in [6.45, 7) is -0.476. The quantitative estimate of drug-likeness (QED) is 0.548. The van der Waals surface area contributed by atoms with Crippen molar-refractivity contribution in [3.63, 3.8) is 0 Å². The van der Waals surface area contributed by atoms with Gasteiger partial charge in [-0.3, -0.25) is 18.2 Å². The molecule has 2 unspecified atom stereocenters. The van der Waals surface area contributed by atoms with Gasteiger partial charge in [-0.05, 0) is 0 Å². The van der Waals surface area contributed by atoms with E-state index in [-0.39, 0.29) is 27.3 Å². The fraction of sp³-hybridized carbons (Fsp3) is 1.00. The van der Waals surface area contributed by atoms with Gasteiger partial charge in [0, 0.05) is 27.3 Å². The molecule has 0 spiro atoms. The molecule has 6 nitrogen and oxygen atoms in total. The van der Waals surface area contributed by atoms with Crippen molar-refractivity contribution >= 4 is 16.5 Å². The minimum atomic E-state index is -2.70. The number of rotatable bonds is 1. The largest absolute Gasteiger partial charge is 0.391 e. The van der Waals surface area contributed by atoms with Crippen LogP contribution in [-0.4, -0.2) is 18.0 Å². The predicted octanol–water partition coefficient (Wildman–Crippen LogP) is 0.145. The number of hydrogen-bond donors (Lipinski definition) is 1. The maximum Gasteiger partial charge on any atom is 0.328 e. The molecular formula is C2H6CdO6P2. The first-order valence-electron chi connectivity index (χ1n) is 2.42. The van der Waals surface area contributed by atoms with E-state index in [0.717, 1.165) is 0 Å². The summed E-state index contributed by atoms with van der Waals surface area (Å²) >= 11 is 0. The summed E-state index contributed by atoms with van der Waals surface area (Å²) in [6, 6.07) is 0. The van der Waals surface area contributed by atoms with Gasteiger partial charge in [0.25, 0.3) is 0 Å². The Morgan fingerprint density at radius 2 is 1.73 bits per heavy atom. The van der Waals surface area contributed by atoms with E-state index in [2.05, 4.69) is 13.4 Å². The Kier molecular flexibility index (Phi) is 6.44. The van der Waals surface area contributed by atoms with Crippen LogP contribution in [0, 0.1) is 0 Å². The Hall–Kier alpha value is 1.22. The van der Waals surface area contributed by atoms with E-state index >= 15 is 0 Å². The minimum absolute atomic E-state index is 0. The maximum absolute atomic E-state index is 10.4. The second-order valence-electron chi connectivity index (χ2n) is 1.45. The predicted molar refractivity (Wildman–Crippen MR) is 32.1 cm³/mol. The Morgan fingerprint density at radius 3 is 2.09 bits per heavy atom. The molecule has 1 fully saturated rings. The van der Waals surface area contributed by atoms with Gasteiger partial charge in [0.1, 0.15) is 0 Å². The molecule has 0 amide bonds. The zero-order valence-electron chi connectivity index (χ0n) is 5.48. The minimum Gasteiger partial charge on any atom is -0.391 e. The summed E-state index contributed by atoms with van der Waals surface area (Å²) in [7, 11) is -5.41. The van der Waals surface area contributed by atoms with Gasteiger partial charge < -0.3 is 5.11 Å². The molecular weight excluding hydrogens is 294 g/mol. The van der Waals surface area contributed by atoms with Gasteiger partial charge in [0.15, 0.2) is 6.29 Å². The smallest absolute Gasteiger partial charge is 0.328 e. The van der Waals surface area contributed by atoms with Gasteiger partial charge >= 0.3 is 16.5 Å². The third-order valence-corrected chi connectivity index (χ3v) is 3.02. The second kappa shape index (κ2) is 5.80. The molecule has 0 aromatic carbocycles. The van der Waals surface area contributed by atoms with Gasteiger partial charge in [-0.25, -0.2) is 4.31 Å². The number of aliphatic hydroxyl groups is 1. The molecule has 62 valence electrons. The van der Waals surface area contributed by atoms with E-state index in [4.69, 9.17) is 5.11 Å². The van der Waals surface area contributed by atoms with Crippen molar-refractivity contribution < 1.29 is 54.9 Å². The van der Waals surface area contributed by atoms with E-state index in [0.29, 0.717) is 0 Å². The third kappa shape index (κ3) is 4.12. The van der Waals surface area contributed by atoms with Crippen LogP contribution in [0.15, 0.2) is 0 Å². The first kappa shape index (κ1) is 12.2. The molecule has 1 heterocycles. The second-order valence-corrected chi connectivity index (χ2v) is 3.74. The third-order valence-electron chi connectivity index (χ3n) is 0.771. The summed E-state index contributed by atoms with van der Waals surface area (Å²) in [5.41, 5.74) is 0. The van der Waals surface area contributed by atoms with Gasteiger partial charge in [0.05, 0.1) is 6.61 Å². The van der Waals surface area contributed by atoms with E-state index in [9.17, 15) is 9.13 Å². The van der Waals surface area contributed by atoms with E-state index < -0.39 is 29.4 Å². The zero-order chi connectivity index (χ0) is 7.56. The normalized spacial score (nSPS) is 37.7. The molecule has 11 heavy (non-hydrogen) atoms. The fourth-order valence-corrected chi connectivity index (χ4v) is 2.13. The van der Waals surface area contributed by atoms with Crippen molar-refractivity contribution in [2.45, 2.75) is 6.29 Å². The maximum atomic E-state index is 10.4. The van der Waals surface area contributed by atoms with Crippen LogP contribution in [0.25, 0.3) is 0 Å².